The highest BCUT2D eigenvalue weighted by Gasteiger charge is 2.32. The lowest BCUT2D eigenvalue weighted by Gasteiger charge is -2.22. The SMILES string of the molecule is CC(=O)N1c2ccc(S(=O)(=O)N[C@@H](C(=O)Nc3ccc(Cl)cn3)C(C)C)cc2C[C@@H]1C. The van der Waals surface area contributed by atoms with E-state index in [4.69, 9.17) is 11.6 Å². The van der Waals surface area contributed by atoms with Crippen LogP contribution < -0.4 is 14.9 Å². The maximum Gasteiger partial charge on any atom is 0.243 e. The molecule has 1 aliphatic rings. The highest BCUT2D eigenvalue weighted by atomic mass is 35.5. The number of nitrogens with one attached hydrogen (secondary N) is 2. The van der Waals surface area contributed by atoms with Crippen molar-refractivity contribution in [2.45, 2.75) is 51.1 Å². The van der Waals surface area contributed by atoms with Gasteiger partial charge in [0, 0.05) is 24.8 Å². The standard InChI is InChI=1S/C21H25ClN4O4S/c1-12(2)20(21(28)24-19-8-5-16(22)11-23-19)25-31(29,30)17-6-7-18-15(10-17)9-13(3)26(18)14(4)27/h5-8,10-13,20,25H,9H2,1-4H3,(H,23,24,28)/t13-,20+/m0/s1. The van der Waals surface area contributed by atoms with Crippen molar-refractivity contribution in [2.24, 2.45) is 5.92 Å². The van der Waals surface area contributed by atoms with Crippen LogP contribution in [0.1, 0.15) is 33.3 Å². The van der Waals surface area contributed by atoms with Crippen molar-refractivity contribution in [2.75, 3.05) is 10.2 Å². The largest absolute Gasteiger partial charge is 0.309 e. The van der Waals surface area contributed by atoms with E-state index in [0.717, 1.165) is 5.56 Å². The number of carbonyl (C=O) groups excluding carboxylic acids is 2. The molecule has 0 bridgehead atoms. The van der Waals surface area contributed by atoms with Gasteiger partial charge in [-0.15, -0.1) is 0 Å². The Bertz CT molecular complexity index is 1100. The van der Waals surface area contributed by atoms with E-state index in [1.165, 1.54) is 25.3 Å². The highest BCUT2D eigenvalue weighted by Crippen LogP contribution is 2.34. The quantitative estimate of drug-likeness (QED) is 0.683. The summed E-state index contributed by atoms with van der Waals surface area (Å²) in [4.78, 5) is 30.4. The Hall–Kier alpha value is -2.49. The fourth-order valence-electron chi connectivity index (χ4n) is 3.64. The first-order chi connectivity index (χ1) is 14.5. The summed E-state index contributed by atoms with van der Waals surface area (Å²) in [5, 5.41) is 3.03. The van der Waals surface area contributed by atoms with Gasteiger partial charge in [-0.05, 0) is 55.2 Å². The van der Waals surface area contributed by atoms with Crippen LogP contribution in [0, 0.1) is 5.92 Å². The normalized spacial score (nSPS) is 16.8. The van der Waals surface area contributed by atoms with Crippen LogP contribution in [0.5, 0.6) is 0 Å². The monoisotopic (exact) mass is 464 g/mol. The average Bonchev–Trinajstić information content (AvgIpc) is 3.02. The van der Waals surface area contributed by atoms with Gasteiger partial charge >= 0.3 is 0 Å². The lowest BCUT2D eigenvalue weighted by atomic mass is 10.1. The van der Waals surface area contributed by atoms with Crippen LogP contribution in [0.3, 0.4) is 0 Å². The molecule has 0 spiro atoms. The number of amides is 2. The van der Waals surface area contributed by atoms with Crippen LogP contribution in [0.2, 0.25) is 5.02 Å². The lowest BCUT2D eigenvalue weighted by molar-refractivity contribution is -0.119. The summed E-state index contributed by atoms with van der Waals surface area (Å²) in [5.74, 6) is -0.655. The van der Waals surface area contributed by atoms with E-state index >= 15 is 0 Å². The molecule has 10 heteroatoms. The molecule has 0 fully saturated rings. The van der Waals surface area contributed by atoms with Crippen LogP contribution in [0.4, 0.5) is 11.5 Å². The van der Waals surface area contributed by atoms with Crippen LogP contribution in [-0.4, -0.2) is 37.3 Å². The van der Waals surface area contributed by atoms with E-state index in [0.29, 0.717) is 17.1 Å². The molecule has 0 saturated heterocycles. The van der Waals surface area contributed by atoms with Gasteiger partial charge < -0.3 is 10.2 Å². The number of pyridine rings is 1. The van der Waals surface area contributed by atoms with Gasteiger partial charge in [0.2, 0.25) is 21.8 Å². The van der Waals surface area contributed by atoms with Gasteiger partial charge in [-0.2, -0.15) is 4.72 Å². The van der Waals surface area contributed by atoms with E-state index in [2.05, 4.69) is 15.0 Å². The van der Waals surface area contributed by atoms with E-state index in [-0.39, 0.29) is 28.6 Å². The Morgan fingerprint density at radius 1 is 1.23 bits per heavy atom. The molecule has 3 rings (SSSR count). The maximum atomic E-state index is 13.0. The molecule has 0 saturated carbocycles. The van der Waals surface area contributed by atoms with Crippen molar-refractivity contribution >= 4 is 44.9 Å². The summed E-state index contributed by atoms with van der Waals surface area (Å²) < 4.78 is 28.6. The molecule has 1 aromatic heterocycles. The van der Waals surface area contributed by atoms with Gasteiger partial charge in [0.15, 0.2) is 0 Å². The predicted octanol–water partition coefficient (Wildman–Crippen LogP) is 2.97. The molecule has 8 nitrogen and oxygen atoms in total. The third-order valence-electron chi connectivity index (χ3n) is 5.13. The van der Waals surface area contributed by atoms with Crippen LogP contribution >= 0.6 is 11.6 Å². The Kier molecular flexibility index (Phi) is 6.68. The molecule has 31 heavy (non-hydrogen) atoms. The number of nitrogens with zero attached hydrogens (tertiary/aromatic N) is 2. The van der Waals surface area contributed by atoms with Crippen molar-refractivity contribution in [3.8, 4) is 0 Å². The van der Waals surface area contributed by atoms with Crippen LogP contribution in [0.25, 0.3) is 0 Å². The number of halogens is 1. The summed E-state index contributed by atoms with van der Waals surface area (Å²) in [7, 11) is -3.98. The van der Waals surface area contributed by atoms with Crippen molar-refractivity contribution in [3.05, 3.63) is 47.1 Å². The fraction of sp³-hybridized carbons (Fsp3) is 0.381. The molecule has 2 amide bonds. The number of rotatable bonds is 6. The molecule has 2 aromatic rings. The van der Waals surface area contributed by atoms with Gasteiger partial charge in [0.05, 0.1) is 9.92 Å². The molecule has 1 aliphatic heterocycles. The zero-order chi connectivity index (χ0) is 22.9. The number of hydrogen-bond donors (Lipinski definition) is 2. The van der Waals surface area contributed by atoms with E-state index in [1.807, 2.05) is 6.92 Å². The molecular weight excluding hydrogens is 440 g/mol. The zero-order valence-electron chi connectivity index (χ0n) is 17.7. The summed E-state index contributed by atoms with van der Waals surface area (Å²) in [6.45, 7) is 6.89. The van der Waals surface area contributed by atoms with Crippen molar-refractivity contribution < 1.29 is 18.0 Å². The molecule has 166 valence electrons. The van der Waals surface area contributed by atoms with Crippen molar-refractivity contribution in [1.82, 2.24) is 9.71 Å². The van der Waals surface area contributed by atoms with Crippen molar-refractivity contribution in [3.63, 3.8) is 0 Å². The van der Waals surface area contributed by atoms with Gasteiger partial charge in [-0.3, -0.25) is 9.59 Å². The van der Waals surface area contributed by atoms with E-state index in [1.54, 1.807) is 36.9 Å². The number of hydrogen-bond acceptors (Lipinski definition) is 5. The minimum absolute atomic E-state index is 0.0421. The third-order valence-corrected chi connectivity index (χ3v) is 6.79. The first kappa shape index (κ1) is 23.2. The molecule has 0 unspecified atom stereocenters. The Labute approximate surface area is 187 Å². The maximum absolute atomic E-state index is 13.0. The minimum atomic E-state index is -3.98. The minimum Gasteiger partial charge on any atom is -0.309 e. The predicted molar refractivity (Wildman–Crippen MR) is 120 cm³/mol. The number of carbonyl (C=O) groups is 2. The molecule has 0 radical (unpaired) electrons. The Balaban J connectivity index is 1.82. The lowest BCUT2D eigenvalue weighted by Crippen LogP contribution is -2.47. The van der Waals surface area contributed by atoms with Gasteiger partial charge in [-0.1, -0.05) is 25.4 Å². The second kappa shape index (κ2) is 8.94. The van der Waals surface area contributed by atoms with Crippen LogP contribution in [0.15, 0.2) is 41.4 Å². The number of aromatic nitrogens is 1. The summed E-state index contributed by atoms with van der Waals surface area (Å²) in [6, 6.07) is 6.71. The first-order valence-corrected chi connectivity index (χ1v) is 11.7. The fourth-order valence-corrected chi connectivity index (χ4v) is 5.14. The topological polar surface area (TPSA) is 108 Å². The first-order valence-electron chi connectivity index (χ1n) is 9.87. The number of sulfonamides is 1. The summed E-state index contributed by atoms with van der Waals surface area (Å²) in [5.41, 5.74) is 1.49. The average molecular weight is 465 g/mol. The molecule has 2 heterocycles. The Morgan fingerprint density at radius 3 is 2.52 bits per heavy atom. The molecular formula is C21H25ClN4O4S. The number of anilines is 2. The number of benzene rings is 1. The molecule has 2 N–H and O–H groups in total. The molecule has 2 atom stereocenters. The second-order valence-electron chi connectivity index (χ2n) is 7.93. The molecule has 1 aromatic carbocycles. The number of fused-ring (bicyclic) bond motifs is 1. The third kappa shape index (κ3) is 5.06. The van der Waals surface area contributed by atoms with Gasteiger partial charge in [0.1, 0.15) is 11.9 Å². The smallest absolute Gasteiger partial charge is 0.243 e. The summed E-state index contributed by atoms with van der Waals surface area (Å²) >= 11 is 5.80. The van der Waals surface area contributed by atoms with E-state index < -0.39 is 22.0 Å². The summed E-state index contributed by atoms with van der Waals surface area (Å²) in [6.07, 6.45) is 1.95. The van der Waals surface area contributed by atoms with Gasteiger partial charge in [0.25, 0.3) is 0 Å². The molecule has 0 aliphatic carbocycles. The van der Waals surface area contributed by atoms with E-state index in [9.17, 15) is 18.0 Å². The van der Waals surface area contributed by atoms with Crippen LogP contribution in [-0.2, 0) is 26.0 Å². The van der Waals surface area contributed by atoms with Gasteiger partial charge in [-0.25, -0.2) is 13.4 Å². The zero-order valence-corrected chi connectivity index (χ0v) is 19.3. The van der Waals surface area contributed by atoms with Crippen molar-refractivity contribution in [1.29, 1.82) is 0 Å². The Morgan fingerprint density at radius 2 is 1.94 bits per heavy atom. The second-order valence-corrected chi connectivity index (χ2v) is 10.1. The highest BCUT2D eigenvalue weighted by molar-refractivity contribution is 7.89.